The summed E-state index contributed by atoms with van der Waals surface area (Å²) in [7, 11) is 0. The first-order valence-electron chi connectivity index (χ1n) is 6.09. The maximum Gasteiger partial charge on any atom is 0.242 e. The van der Waals surface area contributed by atoms with E-state index in [1.807, 2.05) is 30.8 Å². The summed E-state index contributed by atoms with van der Waals surface area (Å²) in [4.78, 5) is 11.9. The third kappa shape index (κ3) is 3.66. The van der Waals surface area contributed by atoms with Crippen LogP contribution in [-0.4, -0.2) is 25.5 Å². The maximum atomic E-state index is 11.9. The molecule has 0 aliphatic rings. The van der Waals surface area contributed by atoms with Gasteiger partial charge in [-0.25, -0.2) is 0 Å². The first-order valence-corrected chi connectivity index (χ1v) is 6.88. The summed E-state index contributed by atoms with van der Waals surface area (Å²) in [6, 6.07) is 1.80. The summed E-state index contributed by atoms with van der Waals surface area (Å²) < 4.78 is 4.27. The second-order valence-corrected chi connectivity index (χ2v) is 5.16. The molecule has 2 aromatic rings. The third-order valence-corrected chi connectivity index (χ3v) is 3.12. The summed E-state index contributed by atoms with van der Waals surface area (Å²) in [6.45, 7) is 4.96. The van der Waals surface area contributed by atoms with Crippen LogP contribution in [0.15, 0.2) is 29.1 Å². The van der Waals surface area contributed by atoms with Gasteiger partial charge in [0.05, 0.1) is 22.4 Å². The predicted octanol–water partition coefficient (Wildman–Crippen LogP) is 1.74. The molecule has 2 heterocycles. The van der Waals surface area contributed by atoms with Crippen LogP contribution in [0.2, 0.25) is 0 Å². The predicted molar refractivity (Wildman–Crippen MR) is 74.4 cm³/mol. The molecular formula is C12H16BrN5O. The average Bonchev–Trinajstić information content (AvgIpc) is 2.98. The summed E-state index contributed by atoms with van der Waals surface area (Å²) in [5, 5.41) is 11.3. The highest BCUT2D eigenvalue weighted by Gasteiger charge is 2.12. The average molecular weight is 326 g/mol. The molecule has 0 aliphatic carbocycles. The van der Waals surface area contributed by atoms with Gasteiger partial charge in [0.2, 0.25) is 5.91 Å². The van der Waals surface area contributed by atoms with E-state index in [4.69, 9.17) is 0 Å². The van der Waals surface area contributed by atoms with Gasteiger partial charge in [0.25, 0.3) is 0 Å². The van der Waals surface area contributed by atoms with E-state index in [9.17, 15) is 4.79 Å². The topological polar surface area (TPSA) is 64.7 Å². The maximum absolute atomic E-state index is 11.9. The number of aryl methyl sites for hydroxylation is 1. The Bertz CT molecular complexity index is 562. The van der Waals surface area contributed by atoms with Crippen LogP contribution in [0.3, 0.4) is 0 Å². The van der Waals surface area contributed by atoms with Crippen LogP contribution in [0.25, 0.3) is 0 Å². The number of halogens is 1. The van der Waals surface area contributed by atoms with Crippen molar-refractivity contribution in [2.45, 2.75) is 33.0 Å². The number of nitrogens with one attached hydrogen (secondary N) is 1. The van der Waals surface area contributed by atoms with Crippen molar-refractivity contribution in [2.24, 2.45) is 0 Å². The summed E-state index contributed by atoms with van der Waals surface area (Å²) >= 11 is 3.29. The van der Waals surface area contributed by atoms with Crippen molar-refractivity contribution in [3.05, 3.63) is 34.8 Å². The van der Waals surface area contributed by atoms with Crippen LogP contribution in [-0.2, 0) is 17.9 Å². The summed E-state index contributed by atoms with van der Waals surface area (Å²) in [6.07, 6.45) is 5.32. The lowest BCUT2D eigenvalue weighted by atomic mass is 10.2. The minimum Gasteiger partial charge on any atom is -0.346 e. The SMILES string of the molecule is CCn1ccc(C(C)NC(=O)Cn2cc(Br)cn2)n1. The minimum atomic E-state index is -0.112. The number of nitrogens with zero attached hydrogens (tertiary/aromatic N) is 4. The Hall–Kier alpha value is -1.63. The van der Waals surface area contributed by atoms with Crippen LogP contribution in [0, 0.1) is 0 Å². The van der Waals surface area contributed by atoms with E-state index < -0.39 is 0 Å². The molecule has 102 valence electrons. The van der Waals surface area contributed by atoms with E-state index >= 15 is 0 Å². The molecule has 2 rings (SSSR count). The quantitative estimate of drug-likeness (QED) is 0.910. The fraction of sp³-hybridized carbons (Fsp3) is 0.417. The van der Waals surface area contributed by atoms with Crippen LogP contribution in [0.4, 0.5) is 0 Å². The zero-order valence-corrected chi connectivity index (χ0v) is 12.5. The van der Waals surface area contributed by atoms with E-state index in [-0.39, 0.29) is 18.5 Å². The molecule has 0 saturated carbocycles. The number of rotatable bonds is 5. The number of amides is 1. The molecular weight excluding hydrogens is 310 g/mol. The lowest BCUT2D eigenvalue weighted by Crippen LogP contribution is -2.30. The Morgan fingerprint density at radius 3 is 2.89 bits per heavy atom. The van der Waals surface area contributed by atoms with Gasteiger partial charge in [-0.1, -0.05) is 0 Å². The molecule has 1 atom stereocenters. The van der Waals surface area contributed by atoms with E-state index in [2.05, 4.69) is 31.4 Å². The Morgan fingerprint density at radius 2 is 2.32 bits per heavy atom. The van der Waals surface area contributed by atoms with Crippen molar-refractivity contribution in [3.8, 4) is 0 Å². The molecule has 7 heteroatoms. The van der Waals surface area contributed by atoms with Crippen LogP contribution >= 0.6 is 15.9 Å². The van der Waals surface area contributed by atoms with Gasteiger partial charge in [0.1, 0.15) is 6.54 Å². The third-order valence-electron chi connectivity index (χ3n) is 2.71. The van der Waals surface area contributed by atoms with E-state index in [0.29, 0.717) is 0 Å². The van der Waals surface area contributed by atoms with Crippen molar-refractivity contribution in [2.75, 3.05) is 0 Å². The van der Waals surface area contributed by atoms with Gasteiger partial charge in [0.15, 0.2) is 0 Å². The number of hydrogen-bond donors (Lipinski definition) is 1. The van der Waals surface area contributed by atoms with Gasteiger partial charge in [-0.3, -0.25) is 14.2 Å². The fourth-order valence-corrected chi connectivity index (χ4v) is 2.05. The molecule has 0 aliphatic heterocycles. The van der Waals surface area contributed by atoms with E-state index in [0.717, 1.165) is 16.7 Å². The molecule has 2 aromatic heterocycles. The standard InChI is InChI=1S/C12H16BrN5O/c1-3-17-5-4-11(16-17)9(2)15-12(19)8-18-7-10(13)6-14-18/h4-7,9H,3,8H2,1-2H3,(H,15,19). The smallest absolute Gasteiger partial charge is 0.242 e. The number of aromatic nitrogens is 4. The van der Waals surface area contributed by atoms with Crippen LogP contribution < -0.4 is 5.32 Å². The van der Waals surface area contributed by atoms with Gasteiger partial charge >= 0.3 is 0 Å². The minimum absolute atomic E-state index is 0.0888. The molecule has 19 heavy (non-hydrogen) atoms. The lowest BCUT2D eigenvalue weighted by molar-refractivity contribution is -0.122. The van der Waals surface area contributed by atoms with Crippen molar-refractivity contribution in [1.29, 1.82) is 0 Å². The van der Waals surface area contributed by atoms with Crippen molar-refractivity contribution in [1.82, 2.24) is 24.9 Å². The van der Waals surface area contributed by atoms with E-state index in [1.165, 1.54) is 0 Å². The van der Waals surface area contributed by atoms with Gasteiger partial charge in [-0.2, -0.15) is 10.2 Å². The largest absolute Gasteiger partial charge is 0.346 e. The molecule has 1 amide bonds. The Morgan fingerprint density at radius 1 is 1.53 bits per heavy atom. The van der Waals surface area contributed by atoms with Crippen molar-refractivity contribution < 1.29 is 4.79 Å². The molecule has 0 saturated heterocycles. The van der Waals surface area contributed by atoms with Crippen molar-refractivity contribution >= 4 is 21.8 Å². The second-order valence-electron chi connectivity index (χ2n) is 4.24. The molecule has 0 spiro atoms. The molecule has 0 radical (unpaired) electrons. The van der Waals surface area contributed by atoms with Gasteiger partial charge in [-0.15, -0.1) is 0 Å². The first-order chi connectivity index (χ1) is 9.08. The molecule has 0 fully saturated rings. The molecule has 1 unspecified atom stereocenters. The second kappa shape index (κ2) is 6.01. The number of carbonyl (C=O) groups excluding carboxylic acids is 1. The number of hydrogen-bond acceptors (Lipinski definition) is 3. The summed E-state index contributed by atoms with van der Waals surface area (Å²) in [5.41, 5.74) is 0.858. The van der Waals surface area contributed by atoms with Gasteiger partial charge in [-0.05, 0) is 35.8 Å². The van der Waals surface area contributed by atoms with Gasteiger partial charge in [0, 0.05) is 18.9 Å². The molecule has 6 nitrogen and oxygen atoms in total. The van der Waals surface area contributed by atoms with Crippen LogP contribution in [0.5, 0.6) is 0 Å². The number of carbonyl (C=O) groups is 1. The van der Waals surface area contributed by atoms with Crippen LogP contribution in [0.1, 0.15) is 25.6 Å². The zero-order valence-electron chi connectivity index (χ0n) is 10.9. The Kier molecular flexibility index (Phi) is 4.36. The highest BCUT2D eigenvalue weighted by Crippen LogP contribution is 2.09. The Labute approximate surface area is 119 Å². The zero-order chi connectivity index (χ0) is 13.8. The van der Waals surface area contributed by atoms with E-state index in [1.54, 1.807) is 17.1 Å². The fourth-order valence-electron chi connectivity index (χ4n) is 1.72. The lowest BCUT2D eigenvalue weighted by Gasteiger charge is -2.11. The monoisotopic (exact) mass is 325 g/mol. The summed E-state index contributed by atoms with van der Waals surface area (Å²) in [5.74, 6) is -0.0888. The molecule has 0 aromatic carbocycles. The van der Waals surface area contributed by atoms with Gasteiger partial charge < -0.3 is 5.32 Å². The van der Waals surface area contributed by atoms with Crippen molar-refractivity contribution in [3.63, 3.8) is 0 Å². The molecule has 0 bridgehead atoms. The highest BCUT2D eigenvalue weighted by molar-refractivity contribution is 9.10. The Balaban J connectivity index is 1.91. The normalized spacial score (nSPS) is 12.4. The highest BCUT2D eigenvalue weighted by atomic mass is 79.9. The molecule has 1 N–H and O–H groups in total. The first kappa shape index (κ1) is 13.8.